The summed E-state index contributed by atoms with van der Waals surface area (Å²) in [5.41, 5.74) is 1.00. The Kier molecular flexibility index (Phi) is 6.15. The number of hydrogen-bond acceptors (Lipinski definition) is 5. The number of benzene rings is 1. The van der Waals surface area contributed by atoms with Crippen LogP contribution < -0.4 is 9.46 Å². The molecule has 3 rings (SSSR count). The fourth-order valence-corrected chi connectivity index (χ4v) is 4.27. The Hall–Kier alpha value is -1.94. The quantitative estimate of drug-likeness (QED) is 0.767. The first-order valence-corrected chi connectivity index (χ1v) is 10.2. The lowest BCUT2D eigenvalue weighted by Gasteiger charge is -2.34. The van der Waals surface area contributed by atoms with Crippen molar-refractivity contribution in [1.82, 2.24) is 14.2 Å². The maximum Gasteiger partial charge on any atom is 0.240 e. The van der Waals surface area contributed by atoms with Crippen molar-refractivity contribution < 1.29 is 22.3 Å². The van der Waals surface area contributed by atoms with Gasteiger partial charge in [-0.3, -0.25) is 4.90 Å². The number of rotatable bonds is 7. The van der Waals surface area contributed by atoms with Gasteiger partial charge >= 0.3 is 0 Å². The van der Waals surface area contributed by atoms with Gasteiger partial charge in [-0.2, -0.15) is 0 Å². The van der Waals surface area contributed by atoms with Crippen molar-refractivity contribution in [2.75, 3.05) is 40.0 Å². The molecule has 1 N–H and O–H groups in total. The summed E-state index contributed by atoms with van der Waals surface area (Å²) in [6.45, 7) is 2.83. The van der Waals surface area contributed by atoms with Crippen LogP contribution in [0.4, 0.5) is 4.39 Å². The second-order valence-corrected chi connectivity index (χ2v) is 8.12. The molecule has 1 unspecified atom stereocenters. The van der Waals surface area contributed by atoms with E-state index in [1.807, 2.05) is 29.9 Å². The third-order valence-electron chi connectivity index (χ3n) is 4.71. The fraction of sp³-hybridized carbons (Fsp3) is 0.444. The Labute approximate surface area is 158 Å². The minimum absolute atomic E-state index is 0.00366. The lowest BCUT2D eigenvalue weighted by atomic mass is 10.1. The van der Waals surface area contributed by atoms with Crippen LogP contribution in [-0.4, -0.2) is 57.8 Å². The highest BCUT2D eigenvalue weighted by atomic mass is 32.2. The molecule has 0 bridgehead atoms. The molecule has 2 heterocycles. The smallest absolute Gasteiger partial charge is 0.240 e. The Morgan fingerprint density at radius 3 is 2.63 bits per heavy atom. The van der Waals surface area contributed by atoms with Crippen molar-refractivity contribution in [3.63, 3.8) is 0 Å². The molecular weight excluding hydrogens is 373 g/mol. The van der Waals surface area contributed by atoms with Gasteiger partial charge in [-0.25, -0.2) is 17.5 Å². The minimum Gasteiger partial charge on any atom is -0.494 e. The van der Waals surface area contributed by atoms with Gasteiger partial charge in [-0.05, 0) is 30.3 Å². The molecular formula is C18H24FN3O4S. The highest BCUT2D eigenvalue weighted by molar-refractivity contribution is 7.89. The molecule has 0 saturated carbocycles. The van der Waals surface area contributed by atoms with E-state index >= 15 is 0 Å². The van der Waals surface area contributed by atoms with E-state index in [4.69, 9.17) is 9.47 Å². The number of aryl methyl sites for hydroxylation is 1. The SMILES string of the molecule is COc1ccc(S(=O)(=O)NCC(c2cccn2C)N2CCOCC2)cc1F. The zero-order chi connectivity index (χ0) is 19.4. The number of nitrogens with one attached hydrogen (secondary N) is 1. The van der Waals surface area contributed by atoms with E-state index in [1.165, 1.54) is 19.2 Å². The van der Waals surface area contributed by atoms with Crippen molar-refractivity contribution in [1.29, 1.82) is 0 Å². The van der Waals surface area contributed by atoms with Gasteiger partial charge in [0, 0.05) is 38.6 Å². The third kappa shape index (κ3) is 4.49. The van der Waals surface area contributed by atoms with Crippen LogP contribution in [-0.2, 0) is 21.8 Å². The first kappa shape index (κ1) is 19.8. The molecule has 1 aliphatic heterocycles. The third-order valence-corrected chi connectivity index (χ3v) is 6.13. The van der Waals surface area contributed by atoms with E-state index < -0.39 is 15.8 Å². The van der Waals surface area contributed by atoms with E-state index in [2.05, 4.69) is 9.62 Å². The Balaban J connectivity index is 1.79. The van der Waals surface area contributed by atoms with Gasteiger partial charge in [0.05, 0.1) is 31.3 Å². The first-order valence-electron chi connectivity index (χ1n) is 8.68. The summed E-state index contributed by atoms with van der Waals surface area (Å²) in [5.74, 6) is -0.712. The summed E-state index contributed by atoms with van der Waals surface area (Å²) in [6, 6.07) is 7.36. The second-order valence-electron chi connectivity index (χ2n) is 6.36. The van der Waals surface area contributed by atoms with Gasteiger partial charge in [0.1, 0.15) is 0 Å². The monoisotopic (exact) mass is 397 g/mol. The molecule has 27 heavy (non-hydrogen) atoms. The lowest BCUT2D eigenvalue weighted by molar-refractivity contribution is 0.0158. The van der Waals surface area contributed by atoms with Crippen molar-refractivity contribution in [2.24, 2.45) is 7.05 Å². The summed E-state index contributed by atoms with van der Waals surface area (Å²) in [4.78, 5) is 2.06. The van der Waals surface area contributed by atoms with Crippen LogP contribution in [0, 0.1) is 5.82 Å². The van der Waals surface area contributed by atoms with E-state index in [0.717, 1.165) is 24.8 Å². The molecule has 0 spiro atoms. The van der Waals surface area contributed by atoms with E-state index in [9.17, 15) is 12.8 Å². The molecule has 2 aromatic rings. The number of aromatic nitrogens is 1. The summed E-state index contributed by atoms with van der Waals surface area (Å²) in [5, 5.41) is 0. The number of sulfonamides is 1. The molecule has 7 nitrogen and oxygen atoms in total. The molecule has 1 saturated heterocycles. The molecule has 1 fully saturated rings. The maximum absolute atomic E-state index is 13.9. The number of hydrogen-bond donors (Lipinski definition) is 1. The average molecular weight is 397 g/mol. The van der Waals surface area contributed by atoms with Gasteiger partial charge in [0.15, 0.2) is 11.6 Å². The van der Waals surface area contributed by atoms with Crippen molar-refractivity contribution >= 4 is 10.0 Å². The van der Waals surface area contributed by atoms with Crippen molar-refractivity contribution in [3.8, 4) is 5.75 Å². The van der Waals surface area contributed by atoms with Crippen LogP contribution in [0.25, 0.3) is 0 Å². The van der Waals surface area contributed by atoms with E-state index in [0.29, 0.717) is 13.2 Å². The topological polar surface area (TPSA) is 72.8 Å². The molecule has 1 aromatic carbocycles. The molecule has 1 aliphatic rings. The maximum atomic E-state index is 13.9. The van der Waals surface area contributed by atoms with Gasteiger partial charge in [0.25, 0.3) is 0 Å². The number of ether oxygens (including phenoxy) is 2. The largest absolute Gasteiger partial charge is 0.494 e. The normalized spacial score (nSPS) is 17.0. The van der Waals surface area contributed by atoms with Gasteiger partial charge in [0.2, 0.25) is 10.0 Å². The molecule has 9 heteroatoms. The summed E-state index contributed by atoms with van der Waals surface area (Å²) in [7, 11) is -0.600. The number of halogens is 1. The van der Waals surface area contributed by atoms with Crippen molar-refractivity contribution in [2.45, 2.75) is 10.9 Å². The van der Waals surface area contributed by atoms with Gasteiger partial charge in [-0.1, -0.05) is 0 Å². The minimum atomic E-state index is -3.86. The zero-order valence-corrected chi connectivity index (χ0v) is 16.2. The predicted octanol–water partition coefficient (Wildman–Crippen LogP) is 1.52. The Morgan fingerprint density at radius 1 is 1.30 bits per heavy atom. The van der Waals surface area contributed by atoms with Crippen molar-refractivity contribution in [3.05, 3.63) is 48.0 Å². The van der Waals surface area contributed by atoms with E-state index in [-0.39, 0.29) is 23.2 Å². The summed E-state index contributed by atoms with van der Waals surface area (Å²) in [6.07, 6.45) is 1.93. The first-order chi connectivity index (χ1) is 12.9. The van der Waals surface area contributed by atoms with Crippen LogP contribution in [0.1, 0.15) is 11.7 Å². The highest BCUT2D eigenvalue weighted by Gasteiger charge is 2.27. The number of nitrogens with zero attached hydrogens (tertiary/aromatic N) is 2. The summed E-state index contributed by atoms with van der Waals surface area (Å²) >= 11 is 0. The fourth-order valence-electron chi connectivity index (χ4n) is 3.22. The summed E-state index contributed by atoms with van der Waals surface area (Å²) < 4.78 is 54.1. The lowest BCUT2D eigenvalue weighted by Crippen LogP contribution is -2.44. The Bertz CT molecular complexity index is 878. The molecule has 0 aliphatic carbocycles. The predicted molar refractivity (Wildman–Crippen MR) is 98.7 cm³/mol. The van der Waals surface area contributed by atoms with Gasteiger partial charge < -0.3 is 14.0 Å². The number of methoxy groups -OCH3 is 1. The van der Waals surface area contributed by atoms with Crippen LogP contribution in [0.2, 0.25) is 0 Å². The highest BCUT2D eigenvalue weighted by Crippen LogP contribution is 2.24. The molecule has 0 amide bonds. The van der Waals surface area contributed by atoms with Crippen LogP contribution in [0.5, 0.6) is 5.75 Å². The molecule has 1 atom stereocenters. The zero-order valence-electron chi connectivity index (χ0n) is 15.4. The molecule has 1 aromatic heterocycles. The second kappa shape index (κ2) is 8.39. The van der Waals surface area contributed by atoms with Crippen LogP contribution in [0.15, 0.2) is 41.4 Å². The van der Waals surface area contributed by atoms with Gasteiger partial charge in [-0.15, -0.1) is 0 Å². The van der Waals surface area contributed by atoms with Crippen LogP contribution in [0.3, 0.4) is 0 Å². The van der Waals surface area contributed by atoms with E-state index in [1.54, 1.807) is 0 Å². The Morgan fingerprint density at radius 2 is 2.04 bits per heavy atom. The van der Waals surface area contributed by atoms with Crippen LogP contribution >= 0.6 is 0 Å². The number of morpholine rings is 1. The molecule has 0 radical (unpaired) electrons. The standard InChI is InChI=1S/C18H24FN3O4S/c1-21-7-3-4-16(21)17(22-8-10-26-11-9-22)13-20-27(23,24)14-5-6-18(25-2)15(19)12-14/h3-7,12,17,20H,8-11,13H2,1-2H3. The molecule has 148 valence electrons. The average Bonchev–Trinajstić information content (AvgIpc) is 3.08.